The van der Waals surface area contributed by atoms with Gasteiger partial charge in [0.05, 0.1) is 18.3 Å². The molecular weight excluding hydrogens is 249 g/mol. The van der Waals surface area contributed by atoms with Gasteiger partial charge in [-0.15, -0.1) is 0 Å². The van der Waals surface area contributed by atoms with Crippen LogP contribution in [0, 0.1) is 13.7 Å². The van der Waals surface area contributed by atoms with Gasteiger partial charge in [0.25, 0.3) is 0 Å². The Morgan fingerprint density at radius 2 is 2.50 bits per heavy atom. The topological polar surface area (TPSA) is 61.0 Å². The van der Waals surface area contributed by atoms with Gasteiger partial charge < -0.3 is 10.1 Å². The van der Waals surface area contributed by atoms with E-state index < -0.39 is 4.92 Å². The van der Waals surface area contributed by atoms with E-state index >= 15 is 0 Å². The Morgan fingerprint density at radius 1 is 1.90 bits per heavy atom. The van der Waals surface area contributed by atoms with E-state index in [-0.39, 0.29) is 5.82 Å². The van der Waals surface area contributed by atoms with Crippen LogP contribution in [0.1, 0.15) is 0 Å². The minimum atomic E-state index is -0.498. The number of aromatic nitrogens is 2. The maximum atomic E-state index is 10.2. The molecule has 5 nitrogen and oxygen atoms in total. The van der Waals surface area contributed by atoms with Gasteiger partial charge in [0.15, 0.2) is 0 Å². The van der Waals surface area contributed by atoms with Crippen molar-refractivity contribution in [2.45, 2.75) is 0 Å². The van der Waals surface area contributed by atoms with Crippen LogP contribution in [-0.4, -0.2) is 14.7 Å². The molecule has 0 radical (unpaired) electrons. The third kappa shape index (κ3) is 1.25. The molecule has 0 saturated carbocycles. The summed E-state index contributed by atoms with van der Waals surface area (Å²) in [6.07, 6.45) is 1.60. The van der Waals surface area contributed by atoms with E-state index in [0.29, 0.717) is 3.57 Å². The second-order valence-corrected chi connectivity index (χ2v) is 2.89. The SMILES string of the molecule is Cn1cc(I)c([N+](=O)[O-])n1. The summed E-state index contributed by atoms with van der Waals surface area (Å²) in [6.45, 7) is 0. The summed E-state index contributed by atoms with van der Waals surface area (Å²) in [4.78, 5) is 9.66. The molecule has 1 heterocycles. The van der Waals surface area contributed by atoms with Gasteiger partial charge in [0, 0.05) is 0 Å². The van der Waals surface area contributed by atoms with Crippen LogP contribution in [0.3, 0.4) is 0 Å². The number of hydrogen-bond donors (Lipinski definition) is 0. The van der Waals surface area contributed by atoms with Crippen molar-refractivity contribution in [2.24, 2.45) is 7.05 Å². The van der Waals surface area contributed by atoms with Crippen LogP contribution in [0.4, 0.5) is 5.82 Å². The average Bonchev–Trinajstić information content (AvgIpc) is 2.10. The van der Waals surface area contributed by atoms with E-state index in [1.165, 1.54) is 4.68 Å². The molecule has 0 spiro atoms. The van der Waals surface area contributed by atoms with Crippen LogP contribution in [-0.2, 0) is 7.05 Å². The molecule has 0 atom stereocenters. The van der Waals surface area contributed by atoms with Crippen molar-refractivity contribution >= 4 is 28.4 Å². The highest BCUT2D eigenvalue weighted by molar-refractivity contribution is 14.1. The first-order valence-electron chi connectivity index (χ1n) is 2.45. The molecular formula is C4H4IN3O2. The Hall–Kier alpha value is -0.660. The van der Waals surface area contributed by atoms with Gasteiger partial charge in [-0.2, -0.15) is 4.68 Å². The highest BCUT2D eigenvalue weighted by Crippen LogP contribution is 2.16. The van der Waals surface area contributed by atoms with E-state index in [1.807, 2.05) is 22.6 Å². The summed E-state index contributed by atoms with van der Waals surface area (Å²) in [6, 6.07) is 0. The molecule has 0 aliphatic carbocycles. The van der Waals surface area contributed by atoms with Crippen LogP contribution in [0.25, 0.3) is 0 Å². The summed E-state index contributed by atoms with van der Waals surface area (Å²) in [5.74, 6) is -0.0805. The van der Waals surface area contributed by atoms with Gasteiger partial charge in [-0.05, 0) is 27.5 Å². The number of rotatable bonds is 1. The van der Waals surface area contributed by atoms with Gasteiger partial charge in [0.2, 0.25) is 0 Å². The van der Waals surface area contributed by atoms with Crippen molar-refractivity contribution < 1.29 is 4.92 Å². The van der Waals surface area contributed by atoms with Gasteiger partial charge in [-0.1, -0.05) is 0 Å². The van der Waals surface area contributed by atoms with Gasteiger partial charge in [-0.3, -0.25) is 0 Å². The molecule has 1 aromatic rings. The van der Waals surface area contributed by atoms with Crippen molar-refractivity contribution in [2.75, 3.05) is 0 Å². The molecule has 0 saturated heterocycles. The van der Waals surface area contributed by atoms with Crippen molar-refractivity contribution in [1.29, 1.82) is 0 Å². The van der Waals surface area contributed by atoms with Crippen molar-refractivity contribution in [3.05, 3.63) is 19.9 Å². The minimum Gasteiger partial charge on any atom is -0.358 e. The maximum Gasteiger partial charge on any atom is 0.403 e. The summed E-state index contributed by atoms with van der Waals surface area (Å²) in [5, 5.41) is 13.8. The smallest absolute Gasteiger partial charge is 0.358 e. The van der Waals surface area contributed by atoms with Gasteiger partial charge in [0.1, 0.15) is 3.57 Å². The van der Waals surface area contributed by atoms with Crippen LogP contribution >= 0.6 is 22.6 Å². The normalized spacial score (nSPS) is 9.80. The predicted octanol–water partition coefficient (Wildman–Crippen LogP) is 0.933. The fourth-order valence-electron chi connectivity index (χ4n) is 0.572. The molecule has 1 rings (SSSR count). The Kier molecular flexibility index (Phi) is 1.88. The fourth-order valence-corrected chi connectivity index (χ4v) is 1.28. The molecule has 1 aromatic heterocycles. The first-order chi connectivity index (χ1) is 4.61. The molecule has 0 aliphatic rings. The Morgan fingerprint density at radius 3 is 2.70 bits per heavy atom. The molecule has 54 valence electrons. The third-order valence-corrected chi connectivity index (χ3v) is 1.70. The number of aryl methyl sites for hydroxylation is 1. The standard InChI is InChI=1S/C4H4IN3O2/c1-7-2-3(5)4(6-7)8(9)10/h2H,1H3. The van der Waals surface area contributed by atoms with Crippen LogP contribution < -0.4 is 0 Å². The quantitative estimate of drug-likeness (QED) is 0.425. The molecule has 0 bridgehead atoms. The lowest BCUT2D eigenvalue weighted by atomic mass is 10.7. The lowest BCUT2D eigenvalue weighted by Gasteiger charge is -1.84. The lowest BCUT2D eigenvalue weighted by Crippen LogP contribution is -1.92. The van der Waals surface area contributed by atoms with Crippen molar-refractivity contribution in [1.82, 2.24) is 9.78 Å². The molecule has 0 amide bonds. The largest absolute Gasteiger partial charge is 0.403 e. The van der Waals surface area contributed by atoms with Crippen LogP contribution in [0.15, 0.2) is 6.20 Å². The van der Waals surface area contributed by atoms with E-state index in [0.717, 1.165) is 0 Å². The molecule has 10 heavy (non-hydrogen) atoms. The average molecular weight is 253 g/mol. The minimum absolute atomic E-state index is 0.0805. The summed E-state index contributed by atoms with van der Waals surface area (Å²) >= 11 is 1.87. The molecule has 0 fully saturated rings. The second-order valence-electron chi connectivity index (χ2n) is 1.73. The first kappa shape index (κ1) is 7.45. The second kappa shape index (κ2) is 2.52. The van der Waals surface area contributed by atoms with Crippen molar-refractivity contribution in [3.8, 4) is 0 Å². The summed E-state index contributed by atoms with van der Waals surface area (Å²) in [7, 11) is 1.65. The van der Waals surface area contributed by atoms with Crippen LogP contribution in [0.5, 0.6) is 0 Å². The Bertz CT molecular complexity index is 269. The van der Waals surface area contributed by atoms with E-state index in [2.05, 4.69) is 5.10 Å². The number of halogens is 1. The Labute approximate surface area is 70.3 Å². The molecule has 0 N–H and O–H groups in total. The van der Waals surface area contributed by atoms with E-state index in [1.54, 1.807) is 13.2 Å². The maximum absolute atomic E-state index is 10.2. The summed E-state index contributed by atoms with van der Waals surface area (Å²) in [5.41, 5.74) is 0. The zero-order valence-electron chi connectivity index (χ0n) is 5.11. The number of hydrogen-bond acceptors (Lipinski definition) is 3. The van der Waals surface area contributed by atoms with E-state index in [9.17, 15) is 10.1 Å². The van der Waals surface area contributed by atoms with Crippen molar-refractivity contribution in [3.63, 3.8) is 0 Å². The van der Waals surface area contributed by atoms with Gasteiger partial charge >= 0.3 is 5.82 Å². The molecule has 6 heteroatoms. The zero-order valence-corrected chi connectivity index (χ0v) is 7.27. The van der Waals surface area contributed by atoms with Crippen LogP contribution in [0.2, 0.25) is 0 Å². The fraction of sp³-hybridized carbons (Fsp3) is 0.250. The third-order valence-electron chi connectivity index (χ3n) is 0.939. The van der Waals surface area contributed by atoms with E-state index in [4.69, 9.17) is 0 Å². The number of nitro groups is 1. The molecule has 0 aliphatic heterocycles. The number of nitrogens with zero attached hydrogens (tertiary/aromatic N) is 3. The lowest BCUT2D eigenvalue weighted by molar-refractivity contribution is -0.390. The zero-order chi connectivity index (χ0) is 7.72. The predicted molar refractivity (Wildman–Crippen MR) is 42.6 cm³/mol. The van der Waals surface area contributed by atoms with Gasteiger partial charge in [-0.25, -0.2) is 0 Å². The molecule has 0 unspecified atom stereocenters. The highest BCUT2D eigenvalue weighted by atomic mass is 127. The summed E-state index contributed by atoms with van der Waals surface area (Å²) < 4.78 is 1.98. The molecule has 0 aromatic carbocycles. The Balaban J connectivity index is 3.15. The highest BCUT2D eigenvalue weighted by Gasteiger charge is 2.15. The monoisotopic (exact) mass is 253 g/mol. The first-order valence-corrected chi connectivity index (χ1v) is 3.52.